The van der Waals surface area contributed by atoms with Gasteiger partial charge in [-0.3, -0.25) is 20.2 Å². The summed E-state index contributed by atoms with van der Waals surface area (Å²) in [6.45, 7) is 0. The molecule has 0 saturated carbocycles. The molecule has 0 radical (unpaired) electrons. The van der Waals surface area contributed by atoms with E-state index in [0.29, 0.717) is 6.07 Å². The van der Waals surface area contributed by atoms with Gasteiger partial charge in [-0.05, 0) is 6.07 Å². The van der Waals surface area contributed by atoms with Crippen LogP contribution in [-0.4, -0.2) is 20.9 Å². The van der Waals surface area contributed by atoms with E-state index in [9.17, 15) is 29.4 Å². The predicted octanol–water partition coefficient (Wildman–Crippen LogP) is 1.60. The van der Waals surface area contributed by atoms with Crippen LogP contribution in [0.4, 0.5) is 15.8 Å². The lowest BCUT2D eigenvalue weighted by Gasteiger charge is -2.04. The maximum atomic E-state index is 13.1. The number of carboxylic acid groups (broad SMARTS) is 1. The van der Waals surface area contributed by atoms with Crippen LogP contribution in [0, 0.1) is 20.2 Å². The van der Waals surface area contributed by atoms with Gasteiger partial charge in [-0.2, -0.15) is 0 Å². The Balaban J connectivity index is 3.37. The number of alkyl halides is 1. The molecule has 1 N–H and O–H groups in total. The fourth-order valence-corrected chi connectivity index (χ4v) is 1.15. The third kappa shape index (κ3) is 2.51. The Morgan fingerprint density at radius 1 is 1.29 bits per heavy atom. The standard InChI is InChI=1S/C8H5FN2O6/c9-7(8(12)13)5-2-1-4(10(14)15)3-6(5)11(16)17/h1-3,7H,(H,12,13)/t7-/m1/s1. The van der Waals surface area contributed by atoms with Crippen LogP contribution in [0.2, 0.25) is 0 Å². The van der Waals surface area contributed by atoms with E-state index in [1.165, 1.54) is 0 Å². The van der Waals surface area contributed by atoms with Crippen molar-refractivity contribution in [3.8, 4) is 0 Å². The van der Waals surface area contributed by atoms with Crippen LogP contribution < -0.4 is 0 Å². The van der Waals surface area contributed by atoms with Gasteiger partial charge in [0, 0.05) is 6.07 Å². The number of nitro benzene ring substituents is 2. The van der Waals surface area contributed by atoms with Crippen molar-refractivity contribution < 1.29 is 24.1 Å². The lowest BCUT2D eigenvalue weighted by Crippen LogP contribution is -2.08. The number of hydrogen-bond acceptors (Lipinski definition) is 5. The zero-order chi connectivity index (χ0) is 13.2. The number of nitro groups is 2. The van der Waals surface area contributed by atoms with E-state index in [-0.39, 0.29) is 0 Å². The molecule has 0 amide bonds. The predicted molar refractivity (Wildman–Crippen MR) is 51.2 cm³/mol. The minimum absolute atomic E-state index is 0.519. The van der Waals surface area contributed by atoms with Gasteiger partial charge in [-0.25, -0.2) is 9.18 Å². The Bertz CT molecular complexity index is 503. The van der Waals surface area contributed by atoms with E-state index < -0.39 is 38.9 Å². The molecule has 0 unspecified atom stereocenters. The molecule has 17 heavy (non-hydrogen) atoms. The Morgan fingerprint density at radius 3 is 2.29 bits per heavy atom. The second-order valence-corrected chi connectivity index (χ2v) is 2.96. The molecule has 0 aromatic heterocycles. The number of rotatable bonds is 4. The van der Waals surface area contributed by atoms with Crippen molar-refractivity contribution in [1.29, 1.82) is 0 Å². The highest BCUT2D eigenvalue weighted by Gasteiger charge is 2.29. The maximum Gasteiger partial charge on any atom is 0.343 e. The Morgan fingerprint density at radius 2 is 1.88 bits per heavy atom. The molecule has 0 aliphatic carbocycles. The third-order valence-electron chi connectivity index (χ3n) is 1.91. The van der Waals surface area contributed by atoms with E-state index in [1.54, 1.807) is 0 Å². The zero-order valence-corrected chi connectivity index (χ0v) is 8.07. The molecule has 0 aliphatic rings. The number of halogens is 1. The van der Waals surface area contributed by atoms with E-state index in [4.69, 9.17) is 5.11 Å². The first-order valence-electron chi connectivity index (χ1n) is 4.14. The van der Waals surface area contributed by atoms with Crippen LogP contribution in [0.15, 0.2) is 18.2 Å². The van der Waals surface area contributed by atoms with Crippen molar-refractivity contribution in [3.05, 3.63) is 44.0 Å². The minimum Gasteiger partial charge on any atom is -0.479 e. The Labute approximate surface area is 92.6 Å². The molecular formula is C8H5FN2O6. The lowest BCUT2D eigenvalue weighted by atomic mass is 10.1. The smallest absolute Gasteiger partial charge is 0.343 e. The van der Waals surface area contributed by atoms with Gasteiger partial charge < -0.3 is 5.11 Å². The summed E-state index contributed by atoms with van der Waals surface area (Å²) in [6.07, 6.45) is -2.60. The van der Waals surface area contributed by atoms with Gasteiger partial charge in [-0.15, -0.1) is 0 Å². The molecular weight excluding hydrogens is 239 g/mol. The highest BCUT2D eigenvalue weighted by molar-refractivity contribution is 5.76. The highest BCUT2D eigenvalue weighted by Crippen LogP contribution is 2.31. The largest absolute Gasteiger partial charge is 0.479 e. The molecule has 0 aliphatic heterocycles. The first-order valence-corrected chi connectivity index (χ1v) is 4.14. The minimum atomic E-state index is -2.60. The summed E-state index contributed by atoms with van der Waals surface area (Å²) in [5.74, 6) is -1.90. The first-order chi connectivity index (χ1) is 7.84. The average molecular weight is 244 g/mol. The van der Waals surface area contributed by atoms with Crippen molar-refractivity contribution >= 4 is 17.3 Å². The molecule has 8 nitrogen and oxygen atoms in total. The fourth-order valence-electron chi connectivity index (χ4n) is 1.15. The summed E-state index contributed by atoms with van der Waals surface area (Å²) in [6, 6.07) is 2.04. The quantitative estimate of drug-likeness (QED) is 0.633. The molecule has 0 heterocycles. The van der Waals surface area contributed by atoms with Gasteiger partial charge >= 0.3 is 5.97 Å². The number of carbonyl (C=O) groups is 1. The van der Waals surface area contributed by atoms with E-state index >= 15 is 0 Å². The molecule has 0 bridgehead atoms. The number of nitrogens with zero attached hydrogens (tertiary/aromatic N) is 2. The normalized spacial score (nSPS) is 11.8. The van der Waals surface area contributed by atoms with Crippen molar-refractivity contribution in [2.24, 2.45) is 0 Å². The summed E-state index contributed by atoms with van der Waals surface area (Å²) < 4.78 is 13.1. The Hall–Kier alpha value is -2.58. The van der Waals surface area contributed by atoms with Gasteiger partial charge in [-0.1, -0.05) is 0 Å². The van der Waals surface area contributed by atoms with Crippen molar-refractivity contribution in [2.45, 2.75) is 6.17 Å². The summed E-state index contributed by atoms with van der Waals surface area (Å²) >= 11 is 0. The van der Waals surface area contributed by atoms with Gasteiger partial charge in [0.2, 0.25) is 6.17 Å². The van der Waals surface area contributed by atoms with Crippen LogP contribution in [0.5, 0.6) is 0 Å². The Kier molecular flexibility index (Phi) is 3.31. The molecule has 90 valence electrons. The number of hydrogen-bond donors (Lipinski definition) is 1. The number of carboxylic acids is 1. The maximum absolute atomic E-state index is 13.1. The van der Waals surface area contributed by atoms with Crippen molar-refractivity contribution in [1.82, 2.24) is 0 Å². The van der Waals surface area contributed by atoms with Crippen molar-refractivity contribution in [3.63, 3.8) is 0 Å². The zero-order valence-electron chi connectivity index (χ0n) is 8.07. The lowest BCUT2D eigenvalue weighted by molar-refractivity contribution is -0.394. The molecule has 0 saturated heterocycles. The van der Waals surface area contributed by atoms with Crippen LogP contribution >= 0.6 is 0 Å². The monoisotopic (exact) mass is 244 g/mol. The van der Waals surface area contributed by atoms with Gasteiger partial charge in [0.1, 0.15) is 0 Å². The second-order valence-electron chi connectivity index (χ2n) is 2.96. The summed E-state index contributed by atoms with van der Waals surface area (Å²) in [4.78, 5) is 29.3. The van der Waals surface area contributed by atoms with Crippen molar-refractivity contribution in [2.75, 3.05) is 0 Å². The SMILES string of the molecule is O=C(O)[C@H](F)c1ccc([N+](=O)[O-])cc1[N+](=O)[O-]. The van der Waals surface area contributed by atoms with E-state index in [1.807, 2.05) is 0 Å². The summed E-state index contributed by atoms with van der Waals surface area (Å²) in [7, 11) is 0. The third-order valence-corrected chi connectivity index (χ3v) is 1.91. The van der Waals surface area contributed by atoms with Gasteiger partial charge in [0.15, 0.2) is 0 Å². The van der Waals surface area contributed by atoms with Crippen LogP contribution in [-0.2, 0) is 4.79 Å². The van der Waals surface area contributed by atoms with Gasteiger partial charge in [0.25, 0.3) is 11.4 Å². The number of benzene rings is 1. The van der Waals surface area contributed by atoms with E-state index in [0.717, 1.165) is 12.1 Å². The molecule has 1 rings (SSSR count). The second kappa shape index (κ2) is 4.51. The topological polar surface area (TPSA) is 124 Å². The molecule has 1 aromatic rings. The highest BCUT2D eigenvalue weighted by atomic mass is 19.1. The van der Waals surface area contributed by atoms with Gasteiger partial charge in [0.05, 0.1) is 21.5 Å². The van der Waals surface area contributed by atoms with E-state index in [2.05, 4.69) is 0 Å². The van der Waals surface area contributed by atoms with Crippen LogP contribution in [0.1, 0.15) is 11.7 Å². The fraction of sp³-hybridized carbons (Fsp3) is 0.125. The summed E-state index contributed by atoms with van der Waals surface area (Å²) in [5.41, 5.74) is -2.28. The van der Waals surface area contributed by atoms with Crippen LogP contribution in [0.3, 0.4) is 0 Å². The number of non-ortho nitro benzene ring substituents is 1. The average Bonchev–Trinajstić information content (AvgIpc) is 2.26. The summed E-state index contributed by atoms with van der Waals surface area (Å²) in [5, 5.41) is 29.3. The molecule has 0 spiro atoms. The molecule has 0 fully saturated rings. The van der Waals surface area contributed by atoms with Crippen LogP contribution in [0.25, 0.3) is 0 Å². The molecule has 1 atom stereocenters. The molecule has 1 aromatic carbocycles. The first kappa shape index (κ1) is 12.5. The number of aliphatic carboxylic acids is 1. The molecule has 9 heteroatoms.